The van der Waals surface area contributed by atoms with Gasteiger partial charge in [-0.15, -0.1) is 0 Å². The summed E-state index contributed by atoms with van der Waals surface area (Å²) in [6.45, 7) is 0.690. The van der Waals surface area contributed by atoms with Crippen LogP contribution in [0.1, 0.15) is 24.4 Å². The Balaban J connectivity index is 1.38. The van der Waals surface area contributed by atoms with Crippen molar-refractivity contribution in [3.63, 3.8) is 0 Å². The monoisotopic (exact) mass is 308 g/mol. The van der Waals surface area contributed by atoms with Crippen LogP contribution in [0.2, 0.25) is 0 Å². The Hall–Kier alpha value is -2.33. The zero-order chi connectivity index (χ0) is 15.6. The molecule has 0 bridgehead atoms. The standard InChI is InChI=1S/C19H20N2O2/c1-22-17-7-8-19-15(9-17)12-20-21(19)16-10-18(11-16)23-13-14-5-3-2-4-6-14/h2-9,12,16,18H,10-11,13H2,1H3/t16-,18-. The Morgan fingerprint density at radius 3 is 2.74 bits per heavy atom. The first-order valence-corrected chi connectivity index (χ1v) is 8.00. The van der Waals surface area contributed by atoms with Crippen LogP contribution in [0.3, 0.4) is 0 Å². The SMILES string of the molecule is COc1ccc2c(cnn2[C@H]2C[C@H](OCc3ccccc3)C2)c1. The molecule has 3 aromatic rings. The molecule has 1 aromatic heterocycles. The fourth-order valence-electron chi connectivity index (χ4n) is 3.11. The molecule has 118 valence electrons. The first kappa shape index (κ1) is 14.3. The molecule has 4 heteroatoms. The van der Waals surface area contributed by atoms with E-state index in [1.54, 1.807) is 7.11 Å². The topological polar surface area (TPSA) is 36.3 Å². The van der Waals surface area contributed by atoms with E-state index in [0.717, 1.165) is 29.5 Å². The third-order valence-electron chi connectivity index (χ3n) is 4.55. The molecular formula is C19H20N2O2. The fraction of sp³-hybridized carbons (Fsp3) is 0.316. The first-order chi connectivity index (χ1) is 11.3. The number of ether oxygens (including phenoxy) is 2. The Labute approximate surface area is 135 Å². The molecule has 1 fully saturated rings. The number of benzene rings is 2. The minimum atomic E-state index is 0.331. The van der Waals surface area contributed by atoms with Crippen LogP contribution in [0.5, 0.6) is 5.75 Å². The van der Waals surface area contributed by atoms with Crippen molar-refractivity contribution in [2.45, 2.75) is 31.6 Å². The highest BCUT2D eigenvalue weighted by atomic mass is 16.5. The van der Waals surface area contributed by atoms with E-state index < -0.39 is 0 Å². The highest BCUT2D eigenvalue weighted by molar-refractivity contribution is 5.80. The van der Waals surface area contributed by atoms with Crippen molar-refractivity contribution in [2.24, 2.45) is 0 Å². The van der Waals surface area contributed by atoms with Crippen LogP contribution in [0, 0.1) is 0 Å². The minimum absolute atomic E-state index is 0.331. The average Bonchev–Trinajstić information content (AvgIpc) is 2.97. The molecule has 1 heterocycles. The van der Waals surface area contributed by atoms with Gasteiger partial charge in [-0.25, -0.2) is 0 Å². The lowest BCUT2D eigenvalue weighted by Gasteiger charge is -2.35. The normalized spacial score (nSPS) is 20.4. The Kier molecular flexibility index (Phi) is 3.75. The van der Waals surface area contributed by atoms with Gasteiger partial charge < -0.3 is 9.47 Å². The number of hydrogen-bond acceptors (Lipinski definition) is 3. The summed E-state index contributed by atoms with van der Waals surface area (Å²) in [6.07, 6.45) is 4.29. The van der Waals surface area contributed by atoms with Gasteiger partial charge in [-0.05, 0) is 36.6 Å². The van der Waals surface area contributed by atoms with Crippen molar-refractivity contribution in [3.05, 3.63) is 60.3 Å². The molecule has 0 radical (unpaired) electrons. The zero-order valence-corrected chi connectivity index (χ0v) is 13.2. The molecule has 0 atom stereocenters. The summed E-state index contributed by atoms with van der Waals surface area (Å²) in [5.41, 5.74) is 2.39. The summed E-state index contributed by atoms with van der Waals surface area (Å²) in [5.74, 6) is 0.870. The molecule has 4 rings (SSSR count). The molecule has 0 N–H and O–H groups in total. The third kappa shape index (κ3) is 2.82. The second-order valence-electron chi connectivity index (χ2n) is 6.06. The first-order valence-electron chi connectivity index (χ1n) is 8.00. The van der Waals surface area contributed by atoms with Crippen LogP contribution in [0.15, 0.2) is 54.7 Å². The van der Waals surface area contributed by atoms with Crippen LogP contribution in [0.4, 0.5) is 0 Å². The van der Waals surface area contributed by atoms with Crippen LogP contribution in [-0.2, 0) is 11.3 Å². The third-order valence-corrected chi connectivity index (χ3v) is 4.55. The smallest absolute Gasteiger partial charge is 0.119 e. The molecule has 1 aliphatic rings. The van der Waals surface area contributed by atoms with Crippen LogP contribution < -0.4 is 4.74 Å². The molecule has 0 saturated heterocycles. The van der Waals surface area contributed by atoms with Gasteiger partial charge in [0.25, 0.3) is 0 Å². The van der Waals surface area contributed by atoms with Gasteiger partial charge in [-0.3, -0.25) is 4.68 Å². The Morgan fingerprint density at radius 2 is 1.96 bits per heavy atom. The van der Waals surface area contributed by atoms with Crippen molar-refractivity contribution in [3.8, 4) is 5.75 Å². The molecule has 2 aromatic carbocycles. The van der Waals surface area contributed by atoms with Crippen molar-refractivity contribution in [1.82, 2.24) is 9.78 Å². The largest absolute Gasteiger partial charge is 0.497 e. The van der Waals surface area contributed by atoms with Gasteiger partial charge in [-0.1, -0.05) is 30.3 Å². The molecule has 4 nitrogen and oxygen atoms in total. The van der Waals surface area contributed by atoms with E-state index in [2.05, 4.69) is 28.0 Å². The predicted octanol–water partition coefficient (Wildman–Crippen LogP) is 3.97. The van der Waals surface area contributed by atoms with Gasteiger partial charge in [-0.2, -0.15) is 5.10 Å². The van der Waals surface area contributed by atoms with Gasteiger partial charge in [0.1, 0.15) is 5.75 Å². The maximum Gasteiger partial charge on any atom is 0.119 e. The van der Waals surface area contributed by atoms with Gasteiger partial charge >= 0.3 is 0 Å². The molecule has 1 aliphatic carbocycles. The second kappa shape index (κ2) is 6.05. The number of rotatable bonds is 5. The maximum atomic E-state index is 5.98. The number of nitrogens with zero attached hydrogens (tertiary/aromatic N) is 2. The number of fused-ring (bicyclic) bond motifs is 1. The van der Waals surface area contributed by atoms with Crippen LogP contribution in [-0.4, -0.2) is 23.0 Å². The fourth-order valence-corrected chi connectivity index (χ4v) is 3.11. The van der Waals surface area contributed by atoms with Crippen molar-refractivity contribution in [2.75, 3.05) is 7.11 Å². The van der Waals surface area contributed by atoms with Crippen molar-refractivity contribution < 1.29 is 9.47 Å². The lowest BCUT2D eigenvalue weighted by atomic mass is 9.89. The quantitative estimate of drug-likeness (QED) is 0.715. The summed E-state index contributed by atoms with van der Waals surface area (Å²) < 4.78 is 13.4. The summed E-state index contributed by atoms with van der Waals surface area (Å²) in [6, 6.07) is 16.9. The highest BCUT2D eigenvalue weighted by Gasteiger charge is 2.32. The molecule has 1 saturated carbocycles. The number of methoxy groups -OCH3 is 1. The number of hydrogen-bond donors (Lipinski definition) is 0. The number of aromatic nitrogens is 2. The van der Waals surface area contributed by atoms with Gasteiger partial charge in [0.05, 0.1) is 37.6 Å². The average molecular weight is 308 g/mol. The summed E-state index contributed by atoms with van der Waals surface area (Å²) in [5, 5.41) is 5.67. The summed E-state index contributed by atoms with van der Waals surface area (Å²) in [7, 11) is 1.69. The molecule has 0 unspecified atom stereocenters. The van der Waals surface area contributed by atoms with E-state index in [0.29, 0.717) is 18.8 Å². The minimum Gasteiger partial charge on any atom is -0.497 e. The van der Waals surface area contributed by atoms with Gasteiger partial charge in [0.2, 0.25) is 0 Å². The molecule has 0 amide bonds. The van der Waals surface area contributed by atoms with Crippen molar-refractivity contribution in [1.29, 1.82) is 0 Å². The highest BCUT2D eigenvalue weighted by Crippen LogP contribution is 2.37. The summed E-state index contributed by atoms with van der Waals surface area (Å²) >= 11 is 0. The van der Waals surface area contributed by atoms with E-state index >= 15 is 0 Å². The lowest BCUT2D eigenvalue weighted by molar-refractivity contribution is -0.0373. The van der Waals surface area contributed by atoms with Gasteiger partial charge in [0, 0.05) is 5.39 Å². The predicted molar refractivity (Wildman–Crippen MR) is 89.6 cm³/mol. The van der Waals surface area contributed by atoms with E-state index in [1.807, 2.05) is 36.5 Å². The lowest BCUT2D eigenvalue weighted by Crippen LogP contribution is -2.33. The Bertz CT molecular complexity index is 791. The molecular weight excluding hydrogens is 288 g/mol. The van der Waals surface area contributed by atoms with Crippen LogP contribution in [0.25, 0.3) is 10.9 Å². The molecule has 0 aliphatic heterocycles. The van der Waals surface area contributed by atoms with Crippen molar-refractivity contribution >= 4 is 10.9 Å². The zero-order valence-electron chi connectivity index (χ0n) is 13.2. The van der Waals surface area contributed by atoms with E-state index in [4.69, 9.17) is 9.47 Å². The second-order valence-corrected chi connectivity index (χ2v) is 6.06. The van der Waals surface area contributed by atoms with Crippen LogP contribution >= 0.6 is 0 Å². The molecule has 23 heavy (non-hydrogen) atoms. The maximum absolute atomic E-state index is 5.98. The molecule has 0 spiro atoms. The van der Waals surface area contributed by atoms with Gasteiger partial charge in [0.15, 0.2) is 0 Å². The van der Waals surface area contributed by atoms with E-state index in [-0.39, 0.29) is 0 Å². The Morgan fingerprint density at radius 1 is 1.13 bits per heavy atom. The summed E-state index contributed by atoms with van der Waals surface area (Å²) in [4.78, 5) is 0. The van der Waals surface area contributed by atoms with E-state index in [9.17, 15) is 0 Å². The van der Waals surface area contributed by atoms with E-state index in [1.165, 1.54) is 5.56 Å².